The van der Waals surface area contributed by atoms with Gasteiger partial charge in [-0.2, -0.15) is 0 Å². The summed E-state index contributed by atoms with van der Waals surface area (Å²) in [5.74, 6) is -0.0939. The molecule has 0 saturated heterocycles. The van der Waals surface area contributed by atoms with Gasteiger partial charge >= 0.3 is 5.97 Å². The molecule has 2 aliphatic carbocycles. The van der Waals surface area contributed by atoms with Gasteiger partial charge in [-0.1, -0.05) is 6.42 Å². The first-order valence-corrected chi connectivity index (χ1v) is 5.45. The number of esters is 1. The molecule has 2 N–H and O–H groups in total. The van der Waals surface area contributed by atoms with E-state index in [9.17, 15) is 4.79 Å². The molecule has 2 rings (SSSR count). The van der Waals surface area contributed by atoms with Crippen LogP contribution in [0, 0.1) is 10.8 Å². The van der Waals surface area contributed by atoms with Gasteiger partial charge < -0.3 is 10.5 Å². The van der Waals surface area contributed by atoms with Gasteiger partial charge in [0, 0.05) is 0 Å². The van der Waals surface area contributed by atoms with Gasteiger partial charge in [0.15, 0.2) is 0 Å². The standard InChI is InChI=1S/C11H19NO2/c1-14-9(13)7-11(8-12)4-2-3-10(11)5-6-10/h2-8,12H2,1H3. The molecule has 2 saturated carbocycles. The van der Waals surface area contributed by atoms with Gasteiger partial charge in [-0.3, -0.25) is 4.79 Å². The summed E-state index contributed by atoms with van der Waals surface area (Å²) in [6.45, 7) is 0.641. The molecule has 2 fully saturated rings. The summed E-state index contributed by atoms with van der Waals surface area (Å²) in [6.07, 6.45) is 6.66. The summed E-state index contributed by atoms with van der Waals surface area (Å²) in [6, 6.07) is 0. The molecule has 0 aromatic carbocycles. The van der Waals surface area contributed by atoms with Crippen molar-refractivity contribution in [3.05, 3.63) is 0 Å². The maximum atomic E-state index is 11.4. The second-order valence-corrected chi connectivity index (χ2v) is 4.87. The SMILES string of the molecule is COC(=O)CC1(CN)CCCC12CC2. The van der Waals surface area contributed by atoms with Crippen LogP contribution in [0.4, 0.5) is 0 Å². The van der Waals surface area contributed by atoms with E-state index in [4.69, 9.17) is 10.5 Å². The van der Waals surface area contributed by atoms with E-state index < -0.39 is 0 Å². The van der Waals surface area contributed by atoms with E-state index in [2.05, 4.69) is 0 Å². The first kappa shape index (κ1) is 9.97. The van der Waals surface area contributed by atoms with Crippen molar-refractivity contribution in [1.82, 2.24) is 0 Å². The maximum Gasteiger partial charge on any atom is 0.306 e. The molecule has 0 bridgehead atoms. The lowest BCUT2D eigenvalue weighted by Gasteiger charge is -2.33. The molecule has 0 amide bonds. The van der Waals surface area contributed by atoms with Crippen molar-refractivity contribution in [3.63, 3.8) is 0 Å². The molecule has 0 heterocycles. The quantitative estimate of drug-likeness (QED) is 0.697. The van der Waals surface area contributed by atoms with Crippen LogP contribution < -0.4 is 5.73 Å². The Hall–Kier alpha value is -0.570. The summed E-state index contributed by atoms with van der Waals surface area (Å²) < 4.78 is 4.77. The number of hydrogen-bond acceptors (Lipinski definition) is 3. The summed E-state index contributed by atoms with van der Waals surface area (Å²) in [5, 5.41) is 0. The minimum absolute atomic E-state index is 0.0695. The summed E-state index contributed by atoms with van der Waals surface area (Å²) >= 11 is 0. The predicted molar refractivity (Wildman–Crippen MR) is 53.6 cm³/mol. The van der Waals surface area contributed by atoms with E-state index in [1.165, 1.54) is 32.8 Å². The van der Waals surface area contributed by atoms with Gasteiger partial charge in [0.1, 0.15) is 0 Å². The molecular formula is C11H19NO2. The fraction of sp³-hybridized carbons (Fsp3) is 0.909. The van der Waals surface area contributed by atoms with Gasteiger partial charge in [-0.25, -0.2) is 0 Å². The topological polar surface area (TPSA) is 52.3 Å². The number of carbonyl (C=O) groups is 1. The Kier molecular flexibility index (Phi) is 2.30. The average Bonchev–Trinajstić information content (AvgIpc) is 2.88. The second kappa shape index (κ2) is 3.23. The van der Waals surface area contributed by atoms with Crippen LogP contribution in [0.3, 0.4) is 0 Å². The molecule has 1 unspecified atom stereocenters. The molecule has 0 radical (unpaired) electrons. The summed E-state index contributed by atoms with van der Waals surface area (Å²) in [7, 11) is 1.46. The van der Waals surface area contributed by atoms with E-state index in [1.54, 1.807) is 0 Å². The highest BCUT2D eigenvalue weighted by molar-refractivity contribution is 5.70. The lowest BCUT2D eigenvalue weighted by atomic mass is 9.72. The highest BCUT2D eigenvalue weighted by atomic mass is 16.5. The number of nitrogens with two attached hydrogens (primary N) is 1. The third kappa shape index (κ3) is 1.26. The summed E-state index contributed by atoms with van der Waals surface area (Å²) in [5.41, 5.74) is 6.36. The minimum Gasteiger partial charge on any atom is -0.469 e. The molecule has 3 heteroatoms. The number of carbonyl (C=O) groups excluding carboxylic acids is 1. The molecule has 0 aromatic heterocycles. The maximum absolute atomic E-state index is 11.4. The number of methoxy groups -OCH3 is 1. The summed E-state index contributed by atoms with van der Waals surface area (Å²) in [4.78, 5) is 11.4. The van der Waals surface area contributed by atoms with Gasteiger partial charge in [0.05, 0.1) is 13.5 Å². The Balaban J connectivity index is 2.13. The van der Waals surface area contributed by atoms with Crippen LogP contribution in [-0.4, -0.2) is 19.6 Å². The highest BCUT2D eigenvalue weighted by Crippen LogP contribution is 2.68. The first-order valence-electron chi connectivity index (χ1n) is 5.45. The number of ether oxygens (including phenoxy) is 1. The van der Waals surface area contributed by atoms with Gasteiger partial charge in [0.25, 0.3) is 0 Å². The fourth-order valence-corrected chi connectivity index (χ4v) is 3.24. The smallest absolute Gasteiger partial charge is 0.306 e. The van der Waals surface area contributed by atoms with Gasteiger partial charge in [0.2, 0.25) is 0 Å². The Morgan fingerprint density at radius 1 is 1.36 bits per heavy atom. The van der Waals surface area contributed by atoms with E-state index in [1.807, 2.05) is 0 Å². The molecule has 1 spiro atoms. The van der Waals surface area contributed by atoms with Crippen LogP contribution in [-0.2, 0) is 9.53 Å². The van der Waals surface area contributed by atoms with Crippen molar-refractivity contribution in [2.24, 2.45) is 16.6 Å². The van der Waals surface area contributed by atoms with Gasteiger partial charge in [-0.05, 0) is 43.1 Å². The Morgan fingerprint density at radius 3 is 2.57 bits per heavy atom. The highest BCUT2D eigenvalue weighted by Gasteiger charge is 2.61. The third-order valence-electron chi connectivity index (χ3n) is 4.39. The molecule has 3 nitrogen and oxygen atoms in total. The second-order valence-electron chi connectivity index (χ2n) is 4.87. The van der Waals surface area contributed by atoms with Crippen molar-refractivity contribution in [2.45, 2.75) is 38.5 Å². The Labute approximate surface area is 85.0 Å². The van der Waals surface area contributed by atoms with Crippen molar-refractivity contribution in [2.75, 3.05) is 13.7 Å². The molecule has 80 valence electrons. The number of hydrogen-bond donors (Lipinski definition) is 1. The van der Waals surface area contributed by atoms with Crippen LogP contribution in [0.15, 0.2) is 0 Å². The minimum atomic E-state index is -0.0939. The zero-order valence-corrected chi connectivity index (χ0v) is 8.84. The lowest BCUT2D eigenvalue weighted by molar-refractivity contribution is -0.144. The zero-order chi connectivity index (χ0) is 10.2. The van der Waals surface area contributed by atoms with E-state index >= 15 is 0 Å². The molecule has 2 aliphatic rings. The Bertz CT molecular complexity index is 248. The predicted octanol–water partition coefficient (Wildman–Crippen LogP) is 1.46. The van der Waals surface area contributed by atoms with Crippen LogP contribution in [0.1, 0.15) is 38.5 Å². The normalized spacial score (nSPS) is 33.3. The average molecular weight is 197 g/mol. The van der Waals surface area contributed by atoms with Crippen molar-refractivity contribution >= 4 is 5.97 Å². The van der Waals surface area contributed by atoms with Crippen LogP contribution in [0.25, 0.3) is 0 Å². The number of rotatable bonds is 3. The molecular weight excluding hydrogens is 178 g/mol. The first-order chi connectivity index (χ1) is 6.68. The van der Waals surface area contributed by atoms with Crippen LogP contribution >= 0.6 is 0 Å². The van der Waals surface area contributed by atoms with Crippen LogP contribution in [0.5, 0.6) is 0 Å². The molecule has 1 atom stereocenters. The Morgan fingerprint density at radius 2 is 2.07 bits per heavy atom. The lowest BCUT2D eigenvalue weighted by Crippen LogP contribution is -2.37. The van der Waals surface area contributed by atoms with Crippen molar-refractivity contribution in [3.8, 4) is 0 Å². The third-order valence-corrected chi connectivity index (χ3v) is 4.39. The monoisotopic (exact) mass is 197 g/mol. The van der Waals surface area contributed by atoms with E-state index in [0.29, 0.717) is 18.4 Å². The largest absolute Gasteiger partial charge is 0.469 e. The van der Waals surface area contributed by atoms with Gasteiger partial charge in [-0.15, -0.1) is 0 Å². The van der Waals surface area contributed by atoms with E-state index in [0.717, 1.165) is 6.42 Å². The zero-order valence-electron chi connectivity index (χ0n) is 8.84. The van der Waals surface area contributed by atoms with Crippen molar-refractivity contribution in [1.29, 1.82) is 0 Å². The van der Waals surface area contributed by atoms with E-state index in [-0.39, 0.29) is 11.4 Å². The molecule has 0 aliphatic heterocycles. The molecule has 0 aromatic rings. The fourth-order valence-electron chi connectivity index (χ4n) is 3.24. The molecule has 14 heavy (non-hydrogen) atoms. The van der Waals surface area contributed by atoms with Crippen LogP contribution in [0.2, 0.25) is 0 Å². The van der Waals surface area contributed by atoms with Crippen molar-refractivity contribution < 1.29 is 9.53 Å².